The van der Waals surface area contributed by atoms with Crippen LogP contribution in [-0.2, 0) is 16.1 Å². The quantitative estimate of drug-likeness (QED) is 0.512. The van der Waals surface area contributed by atoms with Gasteiger partial charge in [0.25, 0.3) is 0 Å². The normalized spacial score (nSPS) is 12.3. The van der Waals surface area contributed by atoms with Gasteiger partial charge < -0.3 is 10.2 Å². The highest BCUT2D eigenvalue weighted by Crippen LogP contribution is 2.22. The van der Waals surface area contributed by atoms with Crippen LogP contribution in [-0.4, -0.2) is 34.0 Å². The summed E-state index contributed by atoms with van der Waals surface area (Å²) in [6, 6.07) is 14.5. The molecule has 0 aromatic heterocycles. The van der Waals surface area contributed by atoms with Gasteiger partial charge in [0, 0.05) is 26.5 Å². The third kappa shape index (κ3) is 8.03. The highest BCUT2D eigenvalue weighted by Gasteiger charge is 2.28. The number of benzene rings is 2. The molecule has 2 aromatic carbocycles. The van der Waals surface area contributed by atoms with Crippen LogP contribution in [0.3, 0.4) is 0 Å². The minimum atomic E-state index is -0.591. The zero-order valence-corrected chi connectivity index (χ0v) is 20.2. The van der Waals surface area contributed by atoms with E-state index in [1.54, 1.807) is 24.0 Å². The topological polar surface area (TPSA) is 49.4 Å². The van der Waals surface area contributed by atoms with Gasteiger partial charge in [0.15, 0.2) is 0 Å². The van der Waals surface area contributed by atoms with Crippen LogP contribution < -0.4 is 5.32 Å². The number of hydrogen-bond acceptors (Lipinski definition) is 3. The van der Waals surface area contributed by atoms with Gasteiger partial charge in [0.1, 0.15) is 6.04 Å². The van der Waals surface area contributed by atoms with E-state index in [9.17, 15) is 9.59 Å². The van der Waals surface area contributed by atoms with Crippen LogP contribution >= 0.6 is 39.3 Å². The first kappa shape index (κ1) is 23.8. The fraction of sp³-hybridized carbons (Fsp3) is 0.364. The Hall–Kier alpha value is -1.50. The van der Waals surface area contributed by atoms with E-state index in [1.165, 1.54) is 11.8 Å². The van der Waals surface area contributed by atoms with Crippen LogP contribution in [0.1, 0.15) is 33.3 Å². The Bertz CT molecular complexity index is 853. The van der Waals surface area contributed by atoms with Gasteiger partial charge in [0.2, 0.25) is 11.8 Å². The summed E-state index contributed by atoms with van der Waals surface area (Å²) in [4.78, 5) is 28.4. The molecule has 0 bridgehead atoms. The summed E-state index contributed by atoms with van der Waals surface area (Å²) in [6.07, 6.45) is 0. The van der Waals surface area contributed by atoms with E-state index in [0.717, 1.165) is 14.9 Å². The number of carbonyl (C=O) groups excluding carboxylic acids is 2. The van der Waals surface area contributed by atoms with Gasteiger partial charge in [-0.2, -0.15) is 0 Å². The lowest BCUT2D eigenvalue weighted by Crippen LogP contribution is -2.52. The van der Waals surface area contributed by atoms with Crippen molar-refractivity contribution in [2.75, 3.05) is 5.75 Å². The molecule has 0 spiro atoms. The molecule has 7 heteroatoms. The highest BCUT2D eigenvalue weighted by atomic mass is 79.9. The van der Waals surface area contributed by atoms with E-state index in [0.29, 0.717) is 11.6 Å². The summed E-state index contributed by atoms with van der Waals surface area (Å²) in [5.74, 6) is -0.0261. The van der Waals surface area contributed by atoms with Gasteiger partial charge in [-0.25, -0.2) is 0 Å². The van der Waals surface area contributed by atoms with Gasteiger partial charge in [-0.05, 0) is 69.7 Å². The maximum Gasteiger partial charge on any atom is 0.242 e. The third-order valence-corrected chi connectivity index (χ3v) is 5.83. The highest BCUT2D eigenvalue weighted by molar-refractivity contribution is 9.10. The van der Waals surface area contributed by atoms with Crippen molar-refractivity contribution in [3.05, 3.63) is 63.6 Å². The molecule has 156 valence electrons. The number of nitrogens with zero attached hydrogens (tertiary/aromatic N) is 1. The SMILES string of the molecule is CC(C(=O)NC(C)(C)C)N(Cc1cccc(Br)c1)C(=O)CSc1ccc(Cl)cc1. The van der Waals surface area contributed by atoms with Gasteiger partial charge in [-0.1, -0.05) is 39.7 Å². The lowest BCUT2D eigenvalue weighted by Gasteiger charge is -2.31. The Morgan fingerprint density at radius 2 is 1.83 bits per heavy atom. The number of thioether (sulfide) groups is 1. The summed E-state index contributed by atoms with van der Waals surface area (Å²) >= 11 is 10.8. The molecule has 1 unspecified atom stereocenters. The van der Waals surface area contributed by atoms with Crippen molar-refractivity contribution in [3.63, 3.8) is 0 Å². The Balaban J connectivity index is 2.16. The van der Waals surface area contributed by atoms with Crippen molar-refractivity contribution in [1.29, 1.82) is 0 Å². The zero-order chi connectivity index (χ0) is 21.6. The third-order valence-electron chi connectivity index (χ3n) is 4.08. The average molecular weight is 498 g/mol. The zero-order valence-electron chi connectivity index (χ0n) is 17.0. The summed E-state index contributed by atoms with van der Waals surface area (Å²) in [5.41, 5.74) is 0.591. The smallest absolute Gasteiger partial charge is 0.242 e. The molecule has 0 fully saturated rings. The predicted octanol–water partition coefficient (Wildman–Crippen LogP) is 5.53. The first-order chi connectivity index (χ1) is 13.5. The molecule has 4 nitrogen and oxygen atoms in total. The standard InChI is InChI=1S/C22H26BrClN2O2S/c1-15(21(28)25-22(2,3)4)26(13-16-6-5-7-17(23)12-16)20(27)14-29-19-10-8-18(24)9-11-19/h5-12,15H,13-14H2,1-4H3,(H,25,28). The molecule has 0 aliphatic heterocycles. The van der Waals surface area contributed by atoms with Crippen LogP contribution in [0.25, 0.3) is 0 Å². The van der Waals surface area contributed by atoms with Crippen molar-refractivity contribution in [1.82, 2.24) is 10.2 Å². The predicted molar refractivity (Wildman–Crippen MR) is 124 cm³/mol. The van der Waals surface area contributed by atoms with Gasteiger partial charge in [-0.3, -0.25) is 9.59 Å². The fourth-order valence-corrected chi connectivity index (χ4v) is 4.00. The van der Waals surface area contributed by atoms with Crippen LogP contribution in [0.5, 0.6) is 0 Å². The van der Waals surface area contributed by atoms with E-state index in [4.69, 9.17) is 11.6 Å². The van der Waals surface area contributed by atoms with Crippen molar-refractivity contribution < 1.29 is 9.59 Å². The second-order valence-electron chi connectivity index (χ2n) is 7.81. The molecular formula is C22H26BrClN2O2S. The maximum absolute atomic E-state index is 13.1. The van der Waals surface area contributed by atoms with Crippen LogP contribution in [0.2, 0.25) is 5.02 Å². The van der Waals surface area contributed by atoms with E-state index in [2.05, 4.69) is 21.2 Å². The summed E-state index contributed by atoms with van der Waals surface area (Å²) in [5, 5.41) is 3.62. The number of rotatable bonds is 7. The number of hydrogen-bond donors (Lipinski definition) is 1. The molecule has 2 amide bonds. The monoisotopic (exact) mass is 496 g/mol. The molecule has 0 saturated heterocycles. The van der Waals surface area contributed by atoms with E-state index in [1.807, 2.05) is 57.2 Å². The second-order valence-corrected chi connectivity index (χ2v) is 10.2. The number of nitrogens with one attached hydrogen (secondary N) is 1. The fourth-order valence-electron chi connectivity index (χ4n) is 2.65. The van der Waals surface area contributed by atoms with Crippen LogP contribution in [0.15, 0.2) is 57.9 Å². The lowest BCUT2D eigenvalue weighted by molar-refractivity contribution is -0.139. The molecule has 0 saturated carbocycles. The lowest BCUT2D eigenvalue weighted by atomic mass is 10.1. The Morgan fingerprint density at radius 1 is 1.17 bits per heavy atom. The molecule has 0 heterocycles. The number of carbonyl (C=O) groups is 2. The minimum Gasteiger partial charge on any atom is -0.350 e. The summed E-state index contributed by atoms with van der Waals surface area (Å²) in [6.45, 7) is 7.90. The van der Waals surface area contributed by atoms with Crippen molar-refractivity contribution in [2.24, 2.45) is 0 Å². The summed E-state index contributed by atoms with van der Waals surface area (Å²) < 4.78 is 0.935. The van der Waals surface area contributed by atoms with Crippen molar-refractivity contribution in [2.45, 2.75) is 50.7 Å². The Labute approximate surface area is 190 Å². The molecular weight excluding hydrogens is 472 g/mol. The number of halogens is 2. The molecule has 0 radical (unpaired) electrons. The molecule has 0 aliphatic carbocycles. The Kier molecular flexibility index (Phi) is 8.61. The van der Waals surface area contributed by atoms with E-state index in [-0.39, 0.29) is 23.1 Å². The first-order valence-corrected chi connectivity index (χ1v) is 11.4. The van der Waals surface area contributed by atoms with Crippen LogP contribution in [0.4, 0.5) is 0 Å². The van der Waals surface area contributed by atoms with Crippen LogP contribution in [0, 0.1) is 0 Å². The Morgan fingerprint density at radius 3 is 2.41 bits per heavy atom. The minimum absolute atomic E-state index is 0.0958. The molecule has 29 heavy (non-hydrogen) atoms. The van der Waals surface area contributed by atoms with E-state index >= 15 is 0 Å². The largest absolute Gasteiger partial charge is 0.350 e. The molecule has 2 rings (SSSR count). The molecule has 0 aliphatic rings. The average Bonchev–Trinajstić information content (AvgIpc) is 2.63. The summed E-state index contributed by atoms with van der Waals surface area (Å²) in [7, 11) is 0. The van der Waals surface area contributed by atoms with Gasteiger partial charge in [-0.15, -0.1) is 11.8 Å². The van der Waals surface area contributed by atoms with Gasteiger partial charge in [0.05, 0.1) is 5.75 Å². The van der Waals surface area contributed by atoms with Gasteiger partial charge >= 0.3 is 0 Å². The molecule has 2 aromatic rings. The number of amides is 2. The first-order valence-electron chi connectivity index (χ1n) is 9.29. The van der Waals surface area contributed by atoms with Crippen molar-refractivity contribution >= 4 is 51.1 Å². The molecule has 1 N–H and O–H groups in total. The maximum atomic E-state index is 13.1. The second kappa shape index (κ2) is 10.5. The van der Waals surface area contributed by atoms with E-state index < -0.39 is 6.04 Å². The molecule has 1 atom stereocenters. The van der Waals surface area contributed by atoms with Crippen molar-refractivity contribution in [3.8, 4) is 0 Å².